The number of ether oxygens (including phenoxy) is 1. The Bertz CT molecular complexity index is 566. The quantitative estimate of drug-likeness (QED) is 0.867. The minimum Gasteiger partial charge on any atom is -0.494 e. The fourth-order valence-corrected chi connectivity index (χ4v) is 2.12. The zero-order chi connectivity index (χ0) is 13.1. The number of hydrogen-bond acceptors (Lipinski definition) is 4. The predicted molar refractivity (Wildman–Crippen MR) is 75.3 cm³/mol. The summed E-state index contributed by atoms with van der Waals surface area (Å²) in [6, 6.07) is 6.05. The molecule has 0 saturated heterocycles. The van der Waals surface area contributed by atoms with Gasteiger partial charge in [0.25, 0.3) is 0 Å². The van der Waals surface area contributed by atoms with E-state index in [0.717, 1.165) is 34.6 Å². The van der Waals surface area contributed by atoms with E-state index in [1.165, 1.54) is 5.56 Å². The van der Waals surface area contributed by atoms with E-state index in [1.807, 2.05) is 25.1 Å². The number of benzene rings is 1. The fraction of sp³-hybridized carbons (Fsp3) is 0.357. The number of rotatable bonds is 4. The van der Waals surface area contributed by atoms with Gasteiger partial charge in [0.05, 0.1) is 7.11 Å². The summed E-state index contributed by atoms with van der Waals surface area (Å²) in [7, 11) is 1.67. The highest BCUT2D eigenvalue weighted by Gasteiger charge is 2.10. The molecule has 0 radical (unpaired) electrons. The topological polar surface area (TPSA) is 60.2 Å². The van der Waals surface area contributed by atoms with Crippen LogP contribution in [0, 0.1) is 13.8 Å². The lowest BCUT2D eigenvalue weighted by Gasteiger charge is -2.14. The van der Waals surface area contributed by atoms with Crippen molar-refractivity contribution in [3.05, 3.63) is 29.5 Å². The van der Waals surface area contributed by atoms with E-state index in [-0.39, 0.29) is 0 Å². The molecule has 0 fully saturated rings. The summed E-state index contributed by atoms with van der Waals surface area (Å²) in [5.41, 5.74) is 9.66. The molecule has 1 heterocycles. The van der Waals surface area contributed by atoms with E-state index in [9.17, 15) is 0 Å². The van der Waals surface area contributed by atoms with Gasteiger partial charge in [-0.25, -0.2) is 4.98 Å². The zero-order valence-electron chi connectivity index (χ0n) is 11.1. The number of nitrogens with zero attached hydrogens (tertiary/aromatic N) is 1. The molecule has 0 amide bonds. The van der Waals surface area contributed by atoms with Crippen molar-refractivity contribution in [1.82, 2.24) is 4.98 Å². The molecule has 4 nitrogen and oxygen atoms in total. The second-order valence-corrected chi connectivity index (χ2v) is 4.33. The molecule has 3 N–H and O–H groups in total. The van der Waals surface area contributed by atoms with Gasteiger partial charge < -0.3 is 15.8 Å². The van der Waals surface area contributed by atoms with Gasteiger partial charge in [0.2, 0.25) is 0 Å². The van der Waals surface area contributed by atoms with Crippen molar-refractivity contribution < 1.29 is 4.74 Å². The maximum atomic E-state index is 5.55. The summed E-state index contributed by atoms with van der Waals surface area (Å²) in [5, 5.41) is 4.45. The van der Waals surface area contributed by atoms with E-state index in [1.54, 1.807) is 7.11 Å². The predicted octanol–water partition coefficient (Wildman–Crippen LogP) is 2.23. The normalized spacial score (nSPS) is 10.7. The first-order valence-corrected chi connectivity index (χ1v) is 6.06. The monoisotopic (exact) mass is 245 g/mol. The third kappa shape index (κ3) is 2.24. The Morgan fingerprint density at radius 2 is 2.11 bits per heavy atom. The number of nitrogens with two attached hydrogens (primary N) is 1. The molecule has 0 unspecified atom stereocenters. The largest absolute Gasteiger partial charge is 0.494 e. The molecule has 0 aliphatic rings. The minimum atomic E-state index is 0.603. The zero-order valence-corrected chi connectivity index (χ0v) is 11.1. The molecule has 4 heteroatoms. The molecule has 96 valence electrons. The van der Waals surface area contributed by atoms with Crippen LogP contribution >= 0.6 is 0 Å². The van der Waals surface area contributed by atoms with Crippen LogP contribution in [0.25, 0.3) is 10.9 Å². The van der Waals surface area contributed by atoms with Crippen LogP contribution in [-0.4, -0.2) is 25.2 Å². The van der Waals surface area contributed by atoms with Crippen molar-refractivity contribution in [2.24, 2.45) is 5.73 Å². The Balaban J connectivity index is 2.69. The van der Waals surface area contributed by atoms with Gasteiger partial charge in [0.15, 0.2) is 0 Å². The summed E-state index contributed by atoms with van der Waals surface area (Å²) in [4.78, 5) is 4.58. The molecular weight excluding hydrogens is 226 g/mol. The number of fused-ring (bicyclic) bond motifs is 1. The van der Waals surface area contributed by atoms with Crippen LogP contribution in [-0.2, 0) is 0 Å². The van der Waals surface area contributed by atoms with Crippen molar-refractivity contribution in [2.75, 3.05) is 25.5 Å². The lowest BCUT2D eigenvalue weighted by atomic mass is 10.1. The van der Waals surface area contributed by atoms with E-state index < -0.39 is 0 Å². The lowest BCUT2D eigenvalue weighted by molar-refractivity contribution is 0.419. The number of aromatic nitrogens is 1. The Morgan fingerprint density at radius 1 is 1.33 bits per heavy atom. The van der Waals surface area contributed by atoms with Crippen LogP contribution in [0.1, 0.15) is 11.3 Å². The number of aryl methyl sites for hydroxylation is 2. The molecule has 0 spiro atoms. The van der Waals surface area contributed by atoms with Crippen molar-refractivity contribution in [3.8, 4) is 5.75 Å². The average Bonchev–Trinajstić information content (AvgIpc) is 2.36. The van der Waals surface area contributed by atoms with Crippen molar-refractivity contribution >= 4 is 16.6 Å². The molecule has 0 aliphatic carbocycles. The maximum absolute atomic E-state index is 5.55. The van der Waals surface area contributed by atoms with Gasteiger partial charge in [0, 0.05) is 29.9 Å². The summed E-state index contributed by atoms with van der Waals surface area (Å²) in [6.45, 7) is 5.41. The highest BCUT2D eigenvalue weighted by Crippen LogP contribution is 2.32. The Kier molecular flexibility index (Phi) is 3.67. The lowest BCUT2D eigenvalue weighted by Crippen LogP contribution is -2.13. The first kappa shape index (κ1) is 12.6. The highest BCUT2D eigenvalue weighted by atomic mass is 16.5. The Hall–Kier alpha value is -1.81. The van der Waals surface area contributed by atoms with Crippen LogP contribution in [0.15, 0.2) is 18.2 Å². The van der Waals surface area contributed by atoms with Crippen LogP contribution in [0.5, 0.6) is 5.75 Å². The van der Waals surface area contributed by atoms with Crippen LogP contribution in [0.2, 0.25) is 0 Å². The molecule has 0 bridgehead atoms. The molecule has 2 aromatic rings. The first-order chi connectivity index (χ1) is 8.67. The number of pyridine rings is 1. The molecular formula is C14H19N3O. The fourth-order valence-electron chi connectivity index (χ4n) is 2.12. The molecule has 18 heavy (non-hydrogen) atoms. The third-order valence-electron chi connectivity index (χ3n) is 2.94. The van der Waals surface area contributed by atoms with Gasteiger partial charge in [-0.05, 0) is 31.5 Å². The van der Waals surface area contributed by atoms with Gasteiger partial charge in [-0.2, -0.15) is 0 Å². The van der Waals surface area contributed by atoms with Crippen molar-refractivity contribution in [2.45, 2.75) is 13.8 Å². The van der Waals surface area contributed by atoms with Crippen molar-refractivity contribution in [3.63, 3.8) is 0 Å². The standard InChI is InChI=1S/C14H19N3O/c1-9-4-5-12(18-3)14-13(9)11(16-7-6-15)8-10(2)17-14/h4-5,8H,6-7,15H2,1-3H3,(H,16,17). The molecule has 0 aliphatic heterocycles. The van der Waals surface area contributed by atoms with Gasteiger partial charge >= 0.3 is 0 Å². The van der Waals surface area contributed by atoms with Gasteiger partial charge in [-0.3, -0.25) is 0 Å². The SMILES string of the molecule is COc1ccc(C)c2c(NCCN)cc(C)nc12. The molecule has 2 rings (SSSR count). The number of anilines is 1. The maximum Gasteiger partial charge on any atom is 0.145 e. The van der Waals surface area contributed by atoms with Crippen molar-refractivity contribution in [1.29, 1.82) is 0 Å². The van der Waals surface area contributed by atoms with E-state index in [4.69, 9.17) is 10.5 Å². The average molecular weight is 245 g/mol. The summed E-state index contributed by atoms with van der Waals surface area (Å²) in [5.74, 6) is 0.801. The minimum absolute atomic E-state index is 0.603. The van der Waals surface area contributed by atoms with E-state index in [0.29, 0.717) is 6.54 Å². The second kappa shape index (κ2) is 5.23. The first-order valence-electron chi connectivity index (χ1n) is 6.06. The molecule has 1 aromatic carbocycles. The van der Waals surface area contributed by atoms with E-state index in [2.05, 4.69) is 17.2 Å². The van der Waals surface area contributed by atoms with Gasteiger partial charge in [-0.15, -0.1) is 0 Å². The summed E-state index contributed by atoms with van der Waals surface area (Å²) in [6.07, 6.45) is 0. The number of methoxy groups -OCH3 is 1. The Labute approximate surface area is 107 Å². The molecule has 0 atom stereocenters. The van der Waals surface area contributed by atoms with Gasteiger partial charge in [0.1, 0.15) is 11.3 Å². The summed E-state index contributed by atoms with van der Waals surface area (Å²) >= 11 is 0. The number of hydrogen-bond donors (Lipinski definition) is 2. The van der Waals surface area contributed by atoms with Crippen LogP contribution in [0.4, 0.5) is 5.69 Å². The van der Waals surface area contributed by atoms with Crippen LogP contribution < -0.4 is 15.8 Å². The molecule has 0 saturated carbocycles. The smallest absolute Gasteiger partial charge is 0.145 e. The highest BCUT2D eigenvalue weighted by molar-refractivity contribution is 5.97. The van der Waals surface area contributed by atoms with Crippen LogP contribution in [0.3, 0.4) is 0 Å². The Morgan fingerprint density at radius 3 is 2.78 bits per heavy atom. The van der Waals surface area contributed by atoms with E-state index >= 15 is 0 Å². The summed E-state index contributed by atoms with van der Waals surface area (Å²) < 4.78 is 5.38. The van der Waals surface area contributed by atoms with Gasteiger partial charge in [-0.1, -0.05) is 6.07 Å². The third-order valence-corrected chi connectivity index (χ3v) is 2.94. The molecule has 1 aromatic heterocycles. The second-order valence-electron chi connectivity index (χ2n) is 4.33. The number of nitrogens with one attached hydrogen (secondary N) is 1.